The molecule has 1 N–H and O–H groups in total. The maximum absolute atomic E-state index is 13.1. The van der Waals surface area contributed by atoms with Gasteiger partial charge in [-0.1, -0.05) is 48.5 Å². The quantitative estimate of drug-likeness (QED) is 0.416. The lowest BCUT2D eigenvalue weighted by atomic mass is 10.0. The zero-order valence-corrected chi connectivity index (χ0v) is 14.8. The van der Waals surface area contributed by atoms with Crippen molar-refractivity contribution in [2.75, 3.05) is 0 Å². The smallest absolute Gasteiger partial charge is 0.123 e. The molecule has 0 unspecified atom stereocenters. The van der Waals surface area contributed by atoms with E-state index in [0.717, 1.165) is 29.1 Å². The van der Waals surface area contributed by atoms with Gasteiger partial charge in [0.1, 0.15) is 5.82 Å². The van der Waals surface area contributed by atoms with E-state index in [0.29, 0.717) is 0 Å². The second kappa shape index (κ2) is 7.83. The molecule has 0 saturated carbocycles. The van der Waals surface area contributed by atoms with Crippen LogP contribution in [0.1, 0.15) is 16.8 Å². The van der Waals surface area contributed by atoms with E-state index in [9.17, 15) is 4.39 Å². The molecule has 3 aromatic carbocycles. The van der Waals surface area contributed by atoms with E-state index in [1.807, 2.05) is 42.6 Å². The summed E-state index contributed by atoms with van der Waals surface area (Å²) in [6, 6.07) is 29.0. The van der Waals surface area contributed by atoms with Gasteiger partial charge in [-0.25, -0.2) is 4.39 Å². The molecule has 0 saturated heterocycles. The minimum atomic E-state index is -0.234. The molecule has 0 aliphatic heterocycles. The molecule has 0 fully saturated rings. The average Bonchev–Trinajstić information content (AvgIpc) is 3.18. The maximum Gasteiger partial charge on any atom is 0.123 e. The standard InChI is InChI=1S/C24H19FN2/c25-21-12-10-19(11-13-21)24-15-14-22(27-24)17-26-23-9-5-4-8-20(23)16-18-6-2-1-3-7-18/h1-15,17,27H,16H2. The van der Waals surface area contributed by atoms with Crippen LogP contribution < -0.4 is 0 Å². The summed E-state index contributed by atoms with van der Waals surface area (Å²) in [7, 11) is 0. The van der Waals surface area contributed by atoms with Crippen LogP contribution >= 0.6 is 0 Å². The summed E-state index contributed by atoms with van der Waals surface area (Å²) in [5.74, 6) is -0.234. The van der Waals surface area contributed by atoms with Crippen molar-refractivity contribution >= 4 is 11.9 Å². The van der Waals surface area contributed by atoms with Crippen LogP contribution in [0.4, 0.5) is 10.1 Å². The minimum absolute atomic E-state index is 0.234. The highest BCUT2D eigenvalue weighted by atomic mass is 19.1. The molecule has 1 heterocycles. The first-order valence-electron chi connectivity index (χ1n) is 8.89. The predicted molar refractivity (Wildman–Crippen MR) is 109 cm³/mol. The predicted octanol–water partition coefficient (Wildman–Crippen LogP) is 6.16. The normalized spacial score (nSPS) is 11.1. The largest absolute Gasteiger partial charge is 0.354 e. The molecule has 4 rings (SSSR count). The van der Waals surface area contributed by atoms with E-state index in [1.54, 1.807) is 12.1 Å². The minimum Gasteiger partial charge on any atom is -0.354 e. The molecule has 132 valence electrons. The number of hydrogen-bond acceptors (Lipinski definition) is 1. The molecular formula is C24H19FN2. The zero-order valence-electron chi connectivity index (χ0n) is 14.8. The van der Waals surface area contributed by atoms with Gasteiger partial charge in [-0.05, 0) is 65.6 Å². The fourth-order valence-electron chi connectivity index (χ4n) is 3.03. The molecule has 0 bridgehead atoms. The van der Waals surface area contributed by atoms with Crippen LogP contribution in [-0.2, 0) is 6.42 Å². The molecule has 0 aliphatic carbocycles. The number of nitrogens with one attached hydrogen (secondary N) is 1. The Labute approximate surface area is 158 Å². The third kappa shape index (κ3) is 4.21. The number of aromatic nitrogens is 1. The van der Waals surface area contributed by atoms with Crippen LogP contribution in [0.25, 0.3) is 11.3 Å². The molecule has 4 aromatic rings. The van der Waals surface area contributed by atoms with Gasteiger partial charge < -0.3 is 4.98 Å². The van der Waals surface area contributed by atoms with Gasteiger partial charge in [-0.15, -0.1) is 0 Å². The monoisotopic (exact) mass is 354 g/mol. The highest BCUT2D eigenvalue weighted by molar-refractivity contribution is 5.82. The van der Waals surface area contributed by atoms with Crippen LogP contribution in [0.15, 0.2) is 96.0 Å². The fraction of sp³-hybridized carbons (Fsp3) is 0.0417. The Bertz CT molecular complexity index is 1050. The Morgan fingerprint density at radius 3 is 2.33 bits per heavy atom. The second-order valence-electron chi connectivity index (χ2n) is 6.38. The highest BCUT2D eigenvalue weighted by Gasteiger charge is 2.03. The third-order valence-corrected chi connectivity index (χ3v) is 4.44. The SMILES string of the molecule is Fc1ccc(-c2ccc(C=Nc3ccccc3Cc3ccccc3)[nH]2)cc1. The van der Waals surface area contributed by atoms with Gasteiger partial charge in [-0.3, -0.25) is 4.99 Å². The summed E-state index contributed by atoms with van der Waals surface area (Å²) in [6.45, 7) is 0. The summed E-state index contributed by atoms with van der Waals surface area (Å²) in [6.07, 6.45) is 2.68. The Balaban J connectivity index is 1.54. The van der Waals surface area contributed by atoms with Crippen molar-refractivity contribution < 1.29 is 4.39 Å². The number of aliphatic imine (C=N–C) groups is 1. The van der Waals surface area contributed by atoms with Crippen molar-refractivity contribution in [2.45, 2.75) is 6.42 Å². The Morgan fingerprint density at radius 1 is 0.778 bits per heavy atom. The van der Waals surface area contributed by atoms with Gasteiger partial charge in [0.05, 0.1) is 17.6 Å². The Kier molecular flexibility index (Phi) is 4.93. The highest BCUT2D eigenvalue weighted by Crippen LogP contribution is 2.23. The maximum atomic E-state index is 13.1. The second-order valence-corrected chi connectivity index (χ2v) is 6.38. The molecule has 0 aliphatic rings. The number of hydrogen-bond donors (Lipinski definition) is 1. The fourth-order valence-corrected chi connectivity index (χ4v) is 3.03. The first kappa shape index (κ1) is 17.0. The number of halogens is 1. The van der Waals surface area contributed by atoms with Gasteiger partial charge in [0.2, 0.25) is 0 Å². The molecule has 1 aromatic heterocycles. The van der Waals surface area contributed by atoms with Crippen LogP contribution in [0.5, 0.6) is 0 Å². The molecule has 0 atom stereocenters. The number of rotatable bonds is 5. The number of nitrogens with zero attached hydrogens (tertiary/aromatic N) is 1. The van der Waals surface area contributed by atoms with Crippen LogP contribution in [0, 0.1) is 5.82 Å². The summed E-state index contributed by atoms with van der Waals surface area (Å²) in [5.41, 5.74) is 6.20. The summed E-state index contributed by atoms with van der Waals surface area (Å²) >= 11 is 0. The Hall–Kier alpha value is -3.46. The van der Waals surface area contributed by atoms with E-state index in [1.165, 1.54) is 23.3 Å². The first-order chi connectivity index (χ1) is 13.3. The van der Waals surface area contributed by atoms with Crippen LogP contribution in [0.3, 0.4) is 0 Å². The number of benzene rings is 3. The van der Waals surface area contributed by atoms with E-state index >= 15 is 0 Å². The van der Waals surface area contributed by atoms with Gasteiger partial charge in [0.15, 0.2) is 0 Å². The average molecular weight is 354 g/mol. The van der Waals surface area contributed by atoms with E-state index in [4.69, 9.17) is 0 Å². The lowest BCUT2D eigenvalue weighted by Crippen LogP contribution is -1.89. The molecule has 2 nitrogen and oxygen atoms in total. The topological polar surface area (TPSA) is 28.1 Å². The van der Waals surface area contributed by atoms with E-state index in [-0.39, 0.29) is 5.82 Å². The van der Waals surface area contributed by atoms with Crippen molar-refractivity contribution in [1.82, 2.24) is 4.98 Å². The molecule has 0 radical (unpaired) electrons. The molecular weight excluding hydrogens is 335 g/mol. The van der Waals surface area contributed by atoms with Crippen molar-refractivity contribution in [1.29, 1.82) is 0 Å². The summed E-state index contributed by atoms with van der Waals surface area (Å²) in [5, 5.41) is 0. The van der Waals surface area contributed by atoms with E-state index < -0.39 is 0 Å². The third-order valence-electron chi connectivity index (χ3n) is 4.44. The molecule has 3 heteroatoms. The summed E-state index contributed by atoms with van der Waals surface area (Å²) < 4.78 is 13.1. The van der Waals surface area contributed by atoms with Crippen LogP contribution in [-0.4, -0.2) is 11.2 Å². The molecule has 0 amide bonds. The number of para-hydroxylation sites is 1. The van der Waals surface area contributed by atoms with Gasteiger partial charge in [0.25, 0.3) is 0 Å². The number of H-pyrrole nitrogens is 1. The van der Waals surface area contributed by atoms with E-state index in [2.05, 4.69) is 40.3 Å². The van der Waals surface area contributed by atoms with Gasteiger partial charge in [-0.2, -0.15) is 0 Å². The summed E-state index contributed by atoms with van der Waals surface area (Å²) in [4.78, 5) is 7.99. The zero-order chi connectivity index (χ0) is 18.5. The van der Waals surface area contributed by atoms with Crippen molar-refractivity contribution in [3.63, 3.8) is 0 Å². The lowest BCUT2D eigenvalue weighted by molar-refractivity contribution is 0.628. The van der Waals surface area contributed by atoms with Gasteiger partial charge in [0, 0.05) is 5.69 Å². The van der Waals surface area contributed by atoms with Crippen LogP contribution in [0.2, 0.25) is 0 Å². The molecule has 0 spiro atoms. The van der Waals surface area contributed by atoms with Crippen molar-refractivity contribution in [3.05, 3.63) is 114 Å². The Morgan fingerprint density at radius 2 is 1.52 bits per heavy atom. The van der Waals surface area contributed by atoms with Gasteiger partial charge >= 0.3 is 0 Å². The molecule has 27 heavy (non-hydrogen) atoms. The first-order valence-corrected chi connectivity index (χ1v) is 8.89. The van der Waals surface area contributed by atoms with Crippen molar-refractivity contribution in [3.8, 4) is 11.3 Å². The number of aromatic amines is 1. The lowest BCUT2D eigenvalue weighted by Gasteiger charge is -2.05. The van der Waals surface area contributed by atoms with Crippen molar-refractivity contribution in [2.24, 2.45) is 4.99 Å².